The number of aryl methyl sites for hydroxylation is 1. The number of aliphatic imine (C=N–C) groups is 1. The van der Waals surface area contributed by atoms with E-state index in [0.717, 1.165) is 28.4 Å². The van der Waals surface area contributed by atoms with Gasteiger partial charge < -0.3 is 4.52 Å². The molecule has 1 aliphatic carbocycles. The molecule has 9 nitrogen and oxygen atoms in total. The van der Waals surface area contributed by atoms with Crippen molar-refractivity contribution < 1.29 is 22.1 Å². The van der Waals surface area contributed by atoms with Gasteiger partial charge in [0.25, 0.3) is 5.56 Å². The molecule has 2 aliphatic heterocycles. The molecular formula is C29H18ClF4N7O2. The molecule has 0 N–H and O–H groups in total. The number of rotatable bonds is 4. The van der Waals surface area contributed by atoms with E-state index in [0.29, 0.717) is 38.8 Å². The molecule has 1 saturated carbocycles. The van der Waals surface area contributed by atoms with Gasteiger partial charge in [0, 0.05) is 45.7 Å². The van der Waals surface area contributed by atoms with Gasteiger partial charge in [0.15, 0.2) is 11.3 Å². The second-order valence-corrected chi connectivity index (χ2v) is 11.3. The van der Waals surface area contributed by atoms with Crippen molar-refractivity contribution in [2.45, 2.75) is 37.9 Å². The largest absolute Gasteiger partial charge is 0.436 e. The van der Waals surface area contributed by atoms with Crippen LogP contribution >= 0.6 is 11.6 Å². The molecule has 5 heterocycles. The van der Waals surface area contributed by atoms with Gasteiger partial charge >= 0.3 is 6.18 Å². The lowest BCUT2D eigenvalue weighted by molar-refractivity contribution is -0.141. The Balaban J connectivity index is 1.14. The van der Waals surface area contributed by atoms with Crippen LogP contribution in [0, 0.1) is 12.8 Å². The number of alkyl halides is 3. The summed E-state index contributed by atoms with van der Waals surface area (Å²) in [6.45, 7) is 1.83. The van der Waals surface area contributed by atoms with Crippen LogP contribution in [0.25, 0.3) is 33.5 Å². The number of aromatic nitrogens is 6. The van der Waals surface area contributed by atoms with Gasteiger partial charge in [0.2, 0.25) is 5.95 Å². The van der Waals surface area contributed by atoms with E-state index >= 15 is 4.39 Å². The highest BCUT2D eigenvalue weighted by molar-refractivity contribution is 6.31. The molecule has 0 saturated heterocycles. The lowest BCUT2D eigenvalue weighted by Crippen LogP contribution is -2.30. The molecular weight excluding hydrogens is 590 g/mol. The third kappa shape index (κ3) is 4.05. The van der Waals surface area contributed by atoms with Gasteiger partial charge in [-0.2, -0.15) is 17.6 Å². The number of benzene rings is 2. The van der Waals surface area contributed by atoms with Gasteiger partial charge in [0.05, 0.1) is 29.3 Å². The van der Waals surface area contributed by atoms with E-state index in [1.165, 1.54) is 24.3 Å². The molecule has 1 fully saturated rings. The Hall–Kier alpha value is -4.65. The Morgan fingerprint density at radius 1 is 1.12 bits per heavy atom. The van der Waals surface area contributed by atoms with Crippen LogP contribution in [0.2, 0.25) is 5.02 Å². The monoisotopic (exact) mass is 607 g/mol. The average molecular weight is 608 g/mol. The van der Waals surface area contributed by atoms with Crippen LogP contribution in [0.1, 0.15) is 47.6 Å². The third-order valence-corrected chi connectivity index (χ3v) is 8.53. The normalized spacial score (nSPS) is 21.0. The lowest BCUT2D eigenvalue weighted by atomic mass is 9.97. The second-order valence-electron chi connectivity index (χ2n) is 10.9. The van der Waals surface area contributed by atoms with Crippen molar-refractivity contribution in [1.29, 1.82) is 0 Å². The van der Waals surface area contributed by atoms with Crippen molar-refractivity contribution in [2.24, 2.45) is 10.9 Å². The van der Waals surface area contributed by atoms with Gasteiger partial charge in [-0.25, -0.2) is 14.7 Å². The summed E-state index contributed by atoms with van der Waals surface area (Å²) < 4.78 is 62.7. The predicted octanol–water partition coefficient (Wildman–Crippen LogP) is 6.45. The van der Waals surface area contributed by atoms with Crippen LogP contribution in [-0.2, 0) is 6.18 Å². The summed E-state index contributed by atoms with van der Waals surface area (Å²) in [5, 5.41) is 12.0. The minimum Gasteiger partial charge on any atom is -0.356 e. The first kappa shape index (κ1) is 26.0. The quantitative estimate of drug-likeness (QED) is 0.172. The molecule has 3 aromatic heterocycles. The Kier molecular flexibility index (Phi) is 5.40. The lowest BCUT2D eigenvalue weighted by Gasteiger charge is -2.19. The van der Waals surface area contributed by atoms with E-state index in [2.05, 4.69) is 20.5 Å². The molecule has 0 bridgehead atoms. The Morgan fingerprint density at radius 3 is 2.74 bits per heavy atom. The highest BCUT2D eigenvalue weighted by Crippen LogP contribution is 2.60. The van der Waals surface area contributed by atoms with Gasteiger partial charge in [-0.15, -0.1) is 5.10 Å². The van der Waals surface area contributed by atoms with E-state index in [1.54, 1.807) is 16.7 Å². The standard InChI is InChI=1S/C29H18ClF4N7O2/c1-12-15-4-2-13(6-23(15)43-38-12)16-9-21(35-27(16)31)26-17-8-18(17)28-36-20(10-25(42)41(26)28)19-7-14(30)3-5-22(19)40-11-24(37-39-40)29(32,33)34/h2-7,10-11,17-18,26H,8-9H2,1H3. The highest BCUT2D eigenvalue weighted by atomic mass is 35.5. The maximum absolute atomic E-state index is 15.3. The first-order chi connectivity index (χ1) is 20.6. The number of nitrogens with zero attached hydrogens (tertiary/aromatic N) is 7. The van der Waals surface area contributed by atoms with Crippen LogP contribution in [0.5, 0.6) is 0 Å². The zero-order chi connectivity index (χ0) is 29.8. The van der Waals surface area contributed by atoms with Crippen molar-refractivity contribution in [3.05, 3.63) is 92.8 Å². The fraction of sp³-hybridized carbons (Fsp3) is 0.241. The Bertz CT molecular complexity index is 2130. The van der Waals surface area contributed by atoms with Crippen LogP contribution < -0.4 is 5.56 Å². The molecule has 5 aromatic rings. The molecule has 3 unspecified atom stereocenters. The van der Waals surface area contributed by atoms with Crippen molar-refractivity contribution in [3.63, 3.8) is 0 Å². The van der Waals surface area contributed by atoms with E-state index in [-0.39, 0.29) is 35.2 Å². The van der Waals surface area contributed by atoms with E-state index in [1.807, 2.05) is 13.0 Å². The van der Waals surface area contributed by atoms with Gasteiger partial charge in [0.1, 0.15) is 5.82 Å². The zero-order valence-corrected chi connectivity index (χ0v) is 22.9. The summed E-state index contributed by atoms with van der Waals surface area (Å²) in [6, 6.07) is 10.7. The number of fused-ring (bicyclic) bond motifs is 4. The van der Waals surface area contributed by atoms with Crippen LogP contribution in [-0.4, -0.2) is 35.4 Å². The molecule has 8 rings (SSSR count). The maximum Gasteiger partial charge on any atom is 0.436 e. The molecule has 2 aromatic carbocycles. The van der Waals surface area contributed by atoms with Crippen molar-refractivity contribution >= 4 is 33.9 Å². The van der Waals surface area contributed by atoms with E-state index in [4.69, 9.17) is 21.1 Å². The number of hydrogen-bond donors (Lipinski definition) is 0. The van der Waals surface area contributed by atoms with Crippen molar-refractivity contribution in [3.8, 4) is 16.9 Å². The summed E-state index contributed by atoms with van der Waals surface area (Å²) in [7, 11) is 0. The first-order valence-electron chi connectivity index (χ1n) is 13.3. The first-order valence-corrected chi connectivity index (χ1v) is 13.7. The molecule has 3 aliphatic rings. The van der Waals surface area contributed by atoms with E-state index < -0.39 is 23.9 Å². The molecule has 216 valence electrons. The number of halogens is 5. The molecule has 14 heteroatoms. The second kappa shape index (κ2) is 8.93. The zero-order valence-electron chi connectivity index (χ0n) is 22.1. The van der Waals surface area contributed by atoms with Crippen LogP contribution in [0.3, 0.4) is 0 Å². The third-order valence-electron chi connectivity index (χ3n) is 8.29. The SMILES string of the molecule is Cc1noc2cc(C3=C(F)N=C(C4C5CC5c5nc(-c6cc(Cl)ccc6-n6cc(C(F)(F)F)nn6)cc(=O)n54)C3)ccc12. The summed E-state index contributed by atoms with van der Waals surface area (Å²) in [6.07, 6.45) is -2.94. The number of allylic oxidation sites excluding steroid dienone is 1. The van der Waals surface area contributed by atoms with E-state index in [9.17, 15) is 18.0 Å². The minimum absolute atomic E-state index is 0.0317. The number of hydrogen-bond acceptors (Lipinski definition) is 7. The molecule has 3 atom stereocenters. The Labute approximate surface area is 244 Å². The maximum atomic E-state index is 15.3. The highest BCUT2D eigenvalue weighted by Gasteiger charge is 2.56. The topological polar surface area (TPSA) is 104 Å². The van der Waals surface area contributed by atoms with Gasteiger partial charge in [-0.3, -0.25) is 9.36 Å². The van der Waals surface area contributed by atoms with Gasteiger partial charge in [-0.05, 0) is 55.2 Å². The Morgan fingerprint density at radius 2 is 1.95 bits per heavy atom. The summed E-state index contributed by atoms with van der Waals surface area (Å²) in [5.74, 6) is -0.0901. The fourth-order valence-electron chi connectivity index (χ4n) is 6.19. The van der Waals surface area contributed by atoms with Crippen LogP contribution in [0.4, 0.5) is 17.6 Å². The minimum atomic E-state index is -4.68. The average Bonchev–Trinajstić information content (AvgIpc) is 3.31. The van der Waals surface area contributed by atoms with Crippen molar-refractivity contribution in [2.75, 3.05) is 0 Å². The molecule has 43 heavy (non-hydrogen) atoms. The molecule has 0 radical (unpaired) electrons. The summed E-state index contributed by atoms with van der Waals surface area (Å²) in [5.41, 5.74) is 2.09. The predicted molar refractivity (Wildman–Crippen MR) is 148 cm³/mol. The van der Waals surface area contributed by atoms with Crippen molar-refractivity contribution in [1.82, 2.24) is 29.7 Å². The van der Waals surface area contributed by atoms with Crippen LogP contribution in [0.15, 0.2) is 68.9 Å². The summed E-state index contributed by atoms with van der Waals surface area (Å²) >= 11 is 6.24. The van der Waals surface area contributed by atoms with Gasteiger partial charge in [-0.1, -0.05) is 28.0 Å². The fourth-order valence-corrected chi connectivity index (χ4v) is 6.36. The molecule has 0 spiro atoms. The summed E-state index contributed by atoms with van der Waals surface area (Å²) in [4.78, 5) is 22.7. The molecule has 0 amide bonds. The smallest absolute Gasteiger partial charge is 0.356 e.